The number of carbonyl (C=O) groups is 1. The molecule has 0 aliphatic carbocycles. The summed E-state index contributed by atoms with van der Waals surface area (Å²) in [5.74, 6) is 0.733. The second-order valence-electron chi connectivity index (χ2n) is 6.97. The van der Waals surface area contributed by atoms with Crippen molar-refractivity contribution in [2.75, 3.05) is 38.2 Å². The van der Waals surface area contributed by atoms with Crippen LogP contribution in [0.4, 0.5) is 5.69 Å². The van der Waals surface area contributed by atoms with Crippen molar-refractivity contribution in [3.05, 3.63) is 24.3 Å². The van der Waals surface area contributed by atoms with Gasteiger partial charge in [-0.2, -0.15) is 0 Å². The molecule has 1 amide bonds. The zero-order chi connectivity index (χ0) is 20.1. The number of anilines is 1. The van der Waals surface area contributed by atoms with Crippen molar-refractivity contribution in [1.82, 2.24) is 4.90 Å². The van der Waals surface area contributed by atoms with Gasteiger partial charge in [0.2, 0.25) is 0 Å². The number of hydrogen-bond acceptors (Lipinski definition) is 4. The maximum Gasteiger partial charge on any atom is 0.256 e. The van der Waals surface area contributed by atoms with Gasteiger partial charge < -0.3 is 19.7 Å². The first-order chi connectivity index (χ1) is 13.0. The Morgan fingerprint density at radius 3 is 2.30 bits per heavy atom. The van der Waals surface area contributed by atoms with Crippen LogP contribution in [0.1, 0.15) is 60.3 Å². The summed E-state index contributed by atoms with van der Waals surface area (Å²) in [6, 6.07) is 7.56. The highest BCUT2D eigenvalue weighted by Gasteiger charge is 2.33. The molecule has 0 radical (unpaired) electrons. The summed E-state index contributed by atoms with van der Waals surface area (Å²) < 4.78 is 11.6. The minimum absolute atomic E-state index is 0.0920. The summed E-state index contributed by atoms with van der Waals surface area (Å²) in [4.78, 5) is 15.1. The maximum absolute atomic E-state index is 12.7. The van der Waals surface area contributed by atoms with Crippen molar-refractivity contribution in [1.29, 1.82) is 0 Å². The van der Waals surface area contributed by atoms with Gasteiger partial charge in [-0.25, -0.2) is 0 Å². The van der Waals surface area contributed by atoms with Crippen molar-refractivity contribution in [3.63, 3.8) is 0 Å². The molecule has 1 unspecified atom stereocenters. The highest BCUT2D eigenvalue weighted by Crippen LogP contribution is 2.23. The Kier molecular flexibility index (Phi) is 11.1. The lowest BCUT2D eigenvalue weighted by Gasteiger charge is -2.28. The molecule has 1 N–H and O–H groups in total. The van der Waals surface area contributed by atoms with Crippen LogP contribution in [0.5, 0.6) is 5.75 Å². The van der Waals surface area contributed by atoms with Crippen LogP contribution in [0, 0.1) is 0 Å². The van der Waals surface area contributed by atoms with Gasteiger partial charge in [0.05, 0.1) is 6.61 Å². The van der Waals surface area contributed by atoms with Crippen LogP contribution in [-0.4, -0.2) is 49.3 Å². The third-order valence-corrected chi connectivity index (χ3v) is 4.84. The van der Waals surface area contributed by atoms with Gasteiger partial charge in [-0.3, -0.25) is 4.79 Å². The fourth-order valence-electron chi connectivity index (χ4n) is 3.00. The van der Waals surface area contributed by atoms with Crippen LogP contribution in [0.3, 0.4) is 0 Å². The number of nitrogens with zero attached hydrogens (tertiary/aromatic N) is 1. The highest BCUT2D eigenvalue weighted by molar-refractivity contribution is 5.97. The van der Waals surface area contributed by atoms with Gasteiger partial charge in [0, 0.05) is 18.8 Å². The van der Waals surface area contributed by atoms with Gasteiger partial charge in [0.15, 0.2) is 0 Å². The molecule has 0 saturated heterocycles. The van der Waals surface area contributed by atoms with Crippen LogP contribution < -0.4 is 10.1 Å². The first-order valence-corrected chi connectivity index (χ1v) is 10.4. The fraction of sp³-hybridized carbons (Fsp3) is 0.682. The first kappa shape index (κ1) is 23.4. The molecule has 1 aromatic rings. The van der Waals surface area contributed by atoms with Crippen LogP contribution in [-0.2, 0) is 9.53 Å². The molecule has 0 fully saturated rings. The molecule has 27 heavy (non-hydrogen) atoms. The van der Waals surface area contributed by atoms with Crippen LogP contribution in [0.2, 0.25) is 0 Å². The molecule has 0 aliphatic rings. The fourth-order valence-corrected chi connectivity index (χ4v) is 3.00. The summed E-state index contributed by atoms with van der Waals surface area (Å²) in [6.07, 6.45) is 3.72. The van der Waals surface area contributed by atoms with Crippen molar-refractivity contribution < 1.29 is 14.3 Å². The molecule has 154 valence electrons. The summed E-state index contributed by atoms with van der Waals surface area (Å²) in [5, 5.41) is 2.97. The van der Waals surface area contributed by atoms with E-state index in [0.29, 0.717) is 13.2 Å². The zero-order valence-electron chi connectivity index (χ0n) is 17.8. The van der Waals surface area contributed by atoms with E-state index in [2.05, 4.69) is 31.0 Å². The molecule has 0 aliphatic heterocycles. The van der Waals surface area contributed by atoms with Crippen LogP contribution in [0.25, 0.3) is 0 Å². The zero-order valence-corrected chi connectivity index (χ0v) is 17.8. The lowest BCUT2D eigenvalue weighted by molar-refractivity contribution is -0.139. The van der Waals surface area contributed by atoms with E-state index in [1.54, 1.807) is 0 Å². The third kappa shape index (κ3) is 8.31. The van der Waals surface area contributed by atoms with Crippen molar-refractivity contribution in [3.8, 4) is 5.75 Å². The van der Waals surface area contributed by atoms with E-state index >= 15 is 0 Å². The Balaban J connectivity index is 2.51. The Morgan fingerprint density at radius 2 is 1.74 bits per heavy atom. The van der Waals surface area contributed by atoms with E-state index in [0.717, 1.165) is 56.8 Å². The Labute approximate surface area is 165 Å². The van der Waals surface area contributed by atoms with E-state index in [4.69, 9.17) is 9.47 Å². The number of rotatable bonds is 14. The van der Waals surface area contributed by atoms with Crippen molar-refractivity contribution in [2.45, 2.75) is 65.9 Å². The molecule has 5 nitrogen and oxygen atoms in total. The Hall–Kier alpha value is -1.59. The average Bonchev–Trinajstić information content (AvgIpc) is 2.68. The standard InChI is InChI=1S/C22H38N2O3/c1-6-10-16-22(5,27-9-4)21(25)23-19-12-14-20(15-13-19)26-18-11-17-24(7-2)8-3/h12-15H,6-11,16-18H2,1-5H3,(H,23,25). The van der Waals surface area contributed by atoms with Gasteiger partial charge in [0.25, 0.3) is 5.91 Å². The van der Waals surface area contributed by atoms with Crippen LogP contribution in [0.15, 0.2) is 24.3 Å². The molecular weight excluding hydrogens is 340 g/mol. The molecule has 0 spiro atoms. The van der Waals surface area contributed by atoms with Crippen molar-refractivity contribution in [2.24, 2.45) is 0 Å². The van der Waals surface area contributed by atoms with Gasteiger partial charge in [-0.05, 0) is 64.0 Å². The number of hydrogen-bond donors (Lipinski definition) is 1. The van der Waals surface area contributed by atoms with E-state index in [-0.39, 0.29) is 5.91 Å². The lowest BCUT2D eigenvalue weighted by Crippen LogP contribution is -2.42. The van der Waals surface area contributed by atoms with Crippen LogP contribution >= 0.6 is 0 Å². The monoisotopic (exact) mass is 378 g/mol. The topological polar surface area (TPSA) is 50.8 Å². The molecule has 0 saturated carbocycles. The minimum Gasteiger partial charge on any atom is -0.494 e. The molecule has 0 bridgehead atoms. The van der Waals surface area contributed by atoms with E-state index in [9.17, 15) is 4.79 Å². The first-order valence-electron chi connectivity index (χ1n) is 10.4. The number of ether oxygens (including phenoxy) is 2. The summed E-state index contributed by atoms with van der Waals surface area (Å²) in [6.45, 7) is 14.7. The van der Waals surface area contributed by atoms with E-state index < -0.39 is 5.60 Å². The molecule has 0 aromatic heterocycles. The van der Waals surface area contributed by atoms with Gasteiger partial charge in [-0.1, -0.05) is 33.6 Å². The van der Waals surface area contributed by atoms with Gasteiger partial charge >= 0.3 is 0 Å². The summed E-state index contributed by atoms with van der Waals surface area (Å²) in [7, 11) is 0. The van der Waals surface area contributed by atoms with Gasteiger partial charge in [-0.15, -0.1) is 0 Å². The second kappa shape index (κ2) is 12.7. The third-order valence-electron chi connectivity index (χ3n) is 4.84. The maximum atomic E-state index is 12.7. The number of carbonyl (C=O) groups excluding carboxylic acids is 1. The number of amides is 1. The quantitative estimate of drug-likeness (QED) is 0.476. The highest BCUT2D eigenvalue weighted by atomic mass is 16.5. The molecule has 1 aromatic carbocycles. The normalized spacial score (nSPS) is 13.4. The molecule has 5 heteroatoms. The summed E-state index contributed by atoms with van der Waals surface area (Å²) >= 11 is 0. The molecule has 0 heterocycles. The Bertz CT molecular complexity index is 529. The van der Waals surface area contributed by atoms with E-state index in [1.165, 1.54) is 0 Å². The van der Waals surface area contributed by atoms with Gasteiger partial charge in [0.1, 0.15) is 11.4 Å². The second-order valence-corrected chi connectivity index (χ2v) is 6.97. The number of nitrogens with one attached hydrogen (secondary N) is 1. The molecule has 1 rings (SSSR count). The van der Waals surface area contributed by atoms with Crippen molar-refractivity contribution >= 4 is 11.6 Å². The summed E-state index contributed by atoms with van der Waals surface area (Å²) in [5.41, 5.74) is -0.0254. The average molecular weight is 379 g/mol. The number of unbranched alkanes of at least 4 members (excludes halogenated alkanes) is 1. The smallest absolute Gasteiger partial charge is 0.256 e. The largest absolute Gasteiger partial charge is 0.494 e. The predicted molar refractivity (Wildman–Crippen MR) is 113 cm³/mol. The SMILES string of the molecule is CCCCC(C)(OCC)C(=O)Nc1ccc(OCCCN(CC)CC)cc1. The lowest BCUT2D eigenvalue weighted by atomic mass is 9.97. The number of benzene rings is 1. The van der Waals surface area contributed by atoms with E-state index in [1.807, 2.05) is 38.1 Å². The predicted octanol–water partition coefficient (Wildman–Crippen LogP) is 4.72. The Morgan fingerprint density at radius 1 is 1.07 bits per heavy atom. The molecular formula is C22H38N2O3. The minimum atomic E-state index is -0.787. The molecule has 1 atom stereocenters.